The van der Waals surface area contributed by atoms with E-state index in [9.17, 15) is 14.4 Å². The number of esters is 1. The third-order valence-electron chi connectivity index (χ3n) is 3.21. The molecular formula is C15H16N4O4. The summed E-state index contributed by atoms with van der Waals surface area (Å²) in [4.78, 5) is 42.9. The largest absolute Gasteiger partial charge is 0.449 e. The van der Waals surface area contributed by atoms with Crippen LogP contribution in [0.1, 0.15) is 28.7 Å². The van der Waals surface area contributed by atoms with Gasteiger partial charge in [-0.1, -0.05) is 0 Å². The molecule has 0 bridgehead atoms. The molecule has 3 amide bonds. The first kappa shape index (κ1) is 16.3. The summed E-state index contributed by atoms with van der Waals surface area (Å²) in [6.45, 7) is 5.01. The number of aromatic nitrogens is 2. The zero-order valence-corrected chi connectivity index (χ0v) is 12.9. The summed E-state index contributed by atoms with van der Waals surface area (Å²) < 4.78 is 5.00. The maximum absolute atomic E-state index is 12.1. The highest BCUT2D eigenvalue weighted by atomic mass is 16.5. The van der Waals surface area contributed by atoms with Crippen molar-refractivity contribution in [1.29, 1.82) is 0 Å². The van der Waals surface area contributed by atoms with E-state index in [1.54, 1.807) is 6.07 Å². The number of hydrogen-bond donors (Lipinski definition) is 2. The van der Waals surface area contributed by atoms with Gasteiger partial charge in [0.25, 0.3) is 5.91 Å². The monoisotopic (exact) mass is 316 g/mol. The molecule has 0 unspecified atom stereocenters. The molecule has 8 heteroatoms. The third kappa shape index (κ3) is 3.79. The molecule has 2 rings (SSSR count). The molecule has 1 atom stereocenters. The SMILES string of the molecule is Cc1nc2ccc(C(=O)O[C@@H](C)C(=O)NC(N)=O)cc2nc1C. The molecule has 1 heterocycles. The van der Waals surface area contributed by atoms with Crippen molar-refractivity contribution in [2.75, 3.05) is 0 Å². The van der Waals surface area contributed by atoms with E-state index in [-0.39, 0.29) is 5.56 Å². The maximum Gasteiger partial charge on any atom is 0.338 e. The number of fused-ring (bicyclic) bond motifs is 1. The van der Waals surface area contributed by atoms with Crippen LogP contribution >= 0.6 is 0 Å². The van der Waals surface area contributed by atoms with Crippen LogP contribution in [-0.2, 0) is 9.53 Å². The quantitative estimate of drug-likeness (QED) is 0.813. The fourth-order valence-corrected chi connectivity index (χ4v) is 1.86. The number of carbonyl (C=O) groups excluding carboxylic acids is 3. The molecule has 0 aliphatic heterocycles. The molecule has 23 heavy (non-hydrogen) atoms. The van der Waals surface area contributed by atoms with Crippen molar-refractivity contribution in [1.82, 2.24) is 15.3 Å². The Morgan fingerprint density at radius 3 is 2.35 bits per heavy atom. The lowest BCUT2D eigenvalue weighted by Crippen LogP contribution is -2.42. The average molecular weight is 316 g/mol. The first-order chi connectivity index (χ1) is 10.8. The van der Waals surface area contributed by atoms with Crippen LogP contribution in [0.15, 0.2) is 18.2 Å². The van der Waals surface area contributed by atoms with Crippen LogP contribution in [0.2, 0.25) is 0 Å². The van der Waals surface area contributed by atoms with E-state index in [1.807, 2.05) is 19.2 Å². The Balaban J connectivity index is 2.19. The van der Waals surface area contributed by atoms with Crippen molar-refractivity contribution in [2.45, 2.75) is 26.9 Å². The highest BCUT2D eigenvalue weighted by Gasteiger charge is 2.20. The number of aryl methyl sites for hydroxylation is 2. The fourth-order valence-electron chi connectivity index (χ4n) is 1.86. The smallest absolute Gasteiger partial charge is 0.338 e. The zero-order valence-electron chi connectivity index (χ0n) is 12.9. The molecule has 2 aromatic rings. The van der Waals surface area contributed by atoms with Crippen molar-refractivity contribution < 1.29 is 19.1 Å². The van der Waals surface area contributed by atoms with Crippen molar-refractivity contribution >= 4 is 28.9 Å². The van der Waals surface area contributed by atoms with Crippen molar-refractivity contribution in [3.05, 3.63) is 35.2 Å². The van der Waals surface area contributed by atoms with Gasteiger partial charge in [-0.2, -0.15) is 0 Å². The molecule has 1 aromatic heterocycles. The second kappa shape index (κ2) is 6.39. The van der Waals surface area contributed by atoms with Gasteiger partial charge >= 0.3 is 12.0 Å². The molecule has 0 saturated heterocycles. The number of carbonyl (C=O) groups is 3. The highest BCUT2D eigenvalue weighted by molar-refractivity contribution is 5.98. The Labute approximate surface area is 132 Å². The number of imide groups is 1. The molecule has 0 spiro atoms. The Bertz CT molecular complexity index is 803. The second-order valence-electron chi connectivity index (χ2n) is 5.00. The lowest BCUT2D eigenvalue weighted by molar-refractivity contribution is -0.127. The Morgan fingerprint density at radius 2 is 1.74 bits per heavy atom. The van der Waals surface area contributed by atoms with E-state index < -0.39 is 24.0 Å². The van der Waals surface area contributed by atoms with E-state index >= 15 is 0 Å². The Morgan fingerprint density at radius 1 is 1.13 bits per heavy atom. The number of nitrogens with one attached hydrogen (secondary N) is 1. The van der Waals surface area contributed by atoms with Crippen molar-refractivity contribution in [3.8, 4) is 0 Å². The molecule has 1 aromatic carbocycles. The van der Waals surface area contributed by atoms with Crippen LogP contribution < -0.4 is 11.1 Å². The van der Waals surface area contributed by atoms with Gasteiger partial charge in [-0.15, -0.1) is 0 Å². The van der Waals surface area contributed by atoms with Gasteiger partial charge in [0, 0.05) is 0 Å². The van der Waals surface area contributed by atoms with Crippen molar-refractivity contribution in [2.24, 2.45) is 5.73 Å². The average Bonchev–Trinajstić information content (AvgIpc) is 2.47. The number of amides is 3. The van der Waals surface area contributed by atoms with Crippen LogP contribution in [0.4, 0.5) is 4.79 Å². The fraction of sp³-hybridized carbons (Fsp3) is 0.267. The predicted octanol–water partition coefficient (Wildman–Crippen LogP) is 0.987. The number of primary amides is 1. The minimum atomic E-state index is -1.16. The summed E-state index contributed by atoms with van der Waals surface area (Å²) in [6, 6.07) is 3.71. The second-order valence-corrected chi connectivity index (χ2v) is 5.00. The van der Waals surface area contributed by atoms with E-state index in [2.05, 4.69) is 9.97 Å². The summed E-state index contributed by atoms with van der Waals surface area (Å²) >= 11 is 0. The molecule has 0 radical (unpaired) electrons. The van der Waals surface area contributed by atoms with Crippen LogP contribution in [0.25, 0.3) is 11.0 Å². The number of ether oxygens (including phenoxy) is 1. The summed E-state index contributed by atoms with van der Waals surface area (Å²) in [7, 11) is 0. The lowest BCUT2D eigenvalue weighted by atomic mass is 10.2. The minimum absolute atomic E-state index is 0.230. The molecule has 0 aliphatic rings. The van der Waals surface area contributed by atoms with E-state index in [1.165, 1.54) is 19.1 Å². The van der Waals surface area contributed by atoms with Gasteiger partial charge < -0.3 is 10.5 Å². The summed E-state index contributed by atoms with van der Waals surface area (Å²) in [6.07, 6.45) is -1.16. The minimum Gasteiger partial charge on any atom is -0.449 e. The van der Waals surface area contributed by atoms with Crippen molar-refractivity contribution in [3.63, 3.8) is 0 Å². The summed E-state index contributed by atoms with van der Waals surface area (Å²) in [5.41, 5.74) is 7.85. The third-order valence-corrected chi connectivity index (χ3v) is 3.21. The van der Waals surface area contributed by atoms with Gasteiger partial charge in [-0.3, -0.25) is 10.1 Å². The number of nitrogens with zero attached hydrogens (tertiary/aromatic N) is 2. The van der Waals surface area contributed by atoms with Gasteiger partial charge in [0.05, 0.1) is 28.0 Å². The molecular weight excluding hydrogens is 300 g/mol. The standard InChI is InChI=1S/C15H16N4O4/c1-7-8(2)18-12-6-10(4-5-11(12)17-7)14(21)23-9(3)13(20)19-15(16)22/h4-6,9H,1-3H3,(H3,16,19,20,22)/t9-/m0/s1. The summed E-state index contributed by atoms with van der Waals surface area (Å²) in [5, 5.41) is 1.84. The number of rotatable bonds is 3. The molecule has 0 saturated carbocycles. The van der Waals surface area contributed by atoms with Gasteiger partial charge in [-0.05, 0) is 39.0 Å². The lowest BCUT2D eigenvalue weighted by Gasteiger charge is -2.12. The van der Waals surface area contributed by atoms with Gasteiger partial charge in [0.2, 0.25) is 0 Å². The molecule has 0 aliphatic carbocycles. The maximum atomic E-state index is 12.1. The first-order valence-corrected chi connectivity index (χ1v) is 6.84. The number of urea groups is 1. The normalized spacial score (nSPS) is 11.8. The number of hydrogen-bond acceptors (Lipinski definition) is 6. The van der Waals surface area contributed by atoms with Crippen LogP contribution in [0, 0.1) is 13.8 Å². The van der Waals surface area contributed by atoms with Gasteiger partial charge in [0.15, 0.2) is 6.10 Å². The summed E-state index contributed by atoms with van der Waals surface area (Å²) in [5.74, 6) is -1.50. The van der Waals surface area contributed by atoms with Crippen LogP contribution in [0.5, 0.6) is 0 Å². The highest BCUT2D eigenvalue weighted by Crippen LogP contribution is 2.15. The van der Waals surface area contributed by atoms with E-state index in [4.69, 9.17) is 10.5 Å². The van der Waals surface area contributed by atoms with Crippen LogP contribution in [-0.4, -0.2) is 34.0 Å². The first-order valence-electron chi connectivity index (χ1n) is 6.84. The molecule has 120 valence electrons. The Hall–Kier alpha value is -3.03. The van der Waals surface area contributed by atoms with Gasteiger partial charge in [-0.25, -0.2) is 19.6 Å². The zero-order chi connectivity index (χ0) is 17.1. The molecule has 0 fully saturated rings. The Kier molecular flexibility index (Phi) is 4.54. The predicted molar refractivity (Wildman–Crippen MR) is 81.6 cm³/mol. The van der Waals surface area contributed by atoms with E-state index in [0.717, 1.165) is 11.4 Å². The molecule has 3 N–H and O–H groups in total. The number of nitrogens with two attached hydrogens (primary N) is 1. The molecule has 8 nitrogen and oxygen atoms in total. The van der Waals surface area contributed by atoms with Crippen LogP contribution in [0.3, 0.4) is 0 Å². The topological polar surface area (TPSA) is 124 Å². The van der Waals surface area contributed by atoms with Gasteiger partial charge in [0.1, 0.15) is 0 Å². The van der Waals surface area contributed by atoms with E-state index in [0.29, 0.717) is 11.0 Å². The number of benzene rings is 1.